The summed E-state index contributed by atoms with van der Waals surface area (Å²) in [6.45, 7) is 4.50. The summed E-state index contributed by atoms with van der Waals surface area (Å²) in [7, 11) is 0. The number of hydrogen-bond acceptors (Lipinski definition) is 1. The summed E-state index contributed by atoms with van der Waals surface area (Å²) in [6.07, 6.45) is 9.39. The average Bonchev–Trinajstić information content (AvgIpc) is 2.98. The first-order valence-electron chi connectivity index (χ1n) is 14.0. The van der Waals surface area contributed by atoms with Crippen LogP contribution >= 0.6 is 0 Å². The van der Waals surface area contributed by atoms with Gasteiger partial charge in [-0.15, -0.1) is 0 Å². The summed E-state index contributed by atoms with van der Waals surface area (Å²) < 4.78 is 0. The van der Waals surface area contributed by atoms with Gasteiger partial charge in [-0.25, -0.2) is 0 Å². The molecule has 0 heterocycles. The SMILES string of the molecule is Cc1ccc(CCC2=CC(C)C(N(c3cccc(-c4ccccc4)c3)c3ccc4ccccc4c3)C=C2)cc1. The number of hydrogen-bond donors (Lipinski definition) is 0. The lowest BCUT2D eigenvalue weighted by Gasteiger charge is -2.37. The lowest BCUT2D eigenvalue weighted by molar-refractivity contribution is 0.601. The smallest absolute Gasteiger partial charge is 0.0585 e. The number of nitrogens with zero attached hydrogens (tertiary/aromatic N) is 1. The minimum atomic E-state index is 0.223. The molecule has 6 rings (SSSR count). The molecule has 1 aliphatic carbocycles. The molecule has 1 aliphatic rings. The molecule has 0 bridgehead atoms. The molecule has 2 atom stereocenters. The average molecular weight is 506 g/mol. The van der Waals surface area contributed by atoms with E-state index in [1.807, 2.05) is 0 Å². The van der Waals surface area contributed by atoms with Crippen molar-refractivity contribution in [2.75, 3.05) is 4.90 Å². The second-order valence-electron chi connectivity index (χ2n) is 10.8. The summed E-state index contributed by atoms with van der Waals surface area (Å²) in [5.41, 5.74) is 9.05. The molecule has 1 heteroatoms. The van der Waals surface area contributed by atoms with Crippen molar-refractivity contribution < 1.29 is 0 Å². The van der Waals surface area contributed by atoms with Crippen molar-refractivity contribution in [3.05, 3.63) is 156 Å². The van der Waals surface area contributed by atoms with Crippen LogP contribution < -0.4 is 4.90 Å². The Kier molecular flexibility index (Phi) is 7.15. The molecule has 5 aromatic rings. The molecule has 0 fully saturated rings. The second-order valence-corrected chi connectivity index (χ2v) is 10.8. The fraction of sp³-hybridized carbons (Fsp3) is 0.158. The number of fused-ring (bicyclic) bond motifs is 1. The Balaban J connectivity index is 1.34. The van der Waals surface area contributed by atoms with Gasteiger partial charge in [-0.2, -0.15) is 0 Å². The molecular weight excluding hydrogens is 470 g/mol. The van der Waals surface area contributed by atoms with Crippen LogP contribution in [0.15, 0.2) is 145 Å². The monoisotopic (exact) mass is 505 g/mol. The maximum absolute atomic E-state index is 2.52. The predicted molar refractivity (Wildman–Crippen MR) is 168 cm³/mol. The third-order valence-corrected chi connectivity index (χ3v) is 7.89. The van der Waals surface area contributed by atoms with Crippen molar-refractivity contribution in [2.45, 2.75) is 32.7 Å². The molecule has 0 spiro atoms. The van der Waals surface area contributed by atoms with Gasteiger partial charge in [0.05, 0.1) is 6.04 Å². The minimum absolute atomic E-state index is 0.223. The first-order valence-corrected chi connectivity index (χ1v) is 14.0. The number of benzene rings is 5. The number of aryl methyl sites for hydroxylation is 2. The van der Waals surface area contributed by atoms with Crippen LogP contribution in [0.5, 0.6) is 0 Å². The molecule has 0 N–H and O–H groups in total. The van der Waals surface area contributed by atoms with E-state index in [4.69, 9.17) is 0 Å². The Morgan fingerprint density at radius 2 is 1.33 bits per heavy atom. The Hall–Kier alpha value is -4.36. The topological polar surface area (TPSA) is 3.24 Å². The molecule has 192 valence electrons. The lowest BCUT2D eigenvalue weighted by atomic mass is 9.88. The maximum Gasteiger partial charge on any atom is 0.0585 e. The molecule has 0 radical (unpaired) electrons. The summed E-state index contributed by atoms with van der Waals surface area (Å²) in [5, 5.41) is 2.53. The van der Waals surface area contributed by atoms with Crippen molar-refractivity contribution in [3.8, 4) is 11.1 Å². The van der Waals surface area contributed by atoms with Crippen LogP contribution in [-0.2, 0) is 6.42 Å². The van der Waals surface area contributed by atoms with Crippen molar-refractivity contribution in [2.24, 2.45) is 5.92 Å². The largest absolute Gasteiger partial charge is 0.334 e. The molecule has 0 saturated carbocycles. The van der Waals surface area contributed by atoms with Crippen LogP contribution in [-0.4, -0.2) is 6.04 Å². The molecule has 0 aromatic heterocycles. The Labute approximate surface area is 232 Å². The maximum atomic E-state index is 2.52. The lowest BCUT2D eigenvalue weighted by Crippen LogP contribution is -2.35. The standard InChI is InChI=1S/C38H35N/c1-28-15-17-30(18-16-28)19-20-31-21-24-38(29(2)25-31)39(37-23-22-33-11-6-7-12-34(33)27-37)36-14-8-13-35(26-36)32-9-4-3-5-10-32/h3-18,21-27,29,38H,19-20H2,1-2H3. The highest BCUT2D eigenvalue weighted by molar-refractivity contribution is 5.87. The predicted octanol–water partition coefficient (Wildman–Crippen LogP) is 10.1. The van der Waals surface area contributed by atoms with E-state index in [-0.39, 0.29) is 6.04 Å². The normalized spacial score (nSPS) is 16.7. The van der Waals surface area contributed by atoms with Crippen LogP contribution in [0.3, 0.4) is 0 Å². The van der Waals surface area contributed by atoms with E-state index >= 15 is 0 Å². The highest BCUT2D eigenvalue weighted by Crippen LogP contribution is 2.37. The Morgan fingerprint density at radius 3 is 2.13 bits per heavy atom. The van der Waals surface area contributed by atoms with Crippen LogP contribution in [0.2, 0.25) is 0 Å². The fourth-order valence-corrected chi connectivity index (χ4v) is 5.71. The van der Waals surface area contributed by atoms with Crippen LogP contribution in [0.25, 0.3) is 21.9 Å². The van der Waals surface area contributed by atoms with Gasteiger partial charge >= 0.3 is 0 Å². The molecule has 2 unspecified atom stereocenters. The molecule has 0 saturated heterocycles. The molecule has 5 aromatic carbocycles. The van der Waals surface area contributed by atoms with Crippen molar-refractivity contribution in [1.29, 1.82) is 0 Å². The molecule has 0 aliphatic heterocycles. The van der Waals surface area contributed by atoms with Crippen LogP contribution in [0.1, 0.15) is 24.5 Å². The quantitative estimate of drug-likeness (QED) is 0.213. The first kappa shape index (κ1) is 24.9. The fourth-order valence-electron chi connectivity index (χ4n) is 5.71. The van der Waals surface area contributed by atoms with E-state index in [0.29, 0.717) is 5.92 Å². The van der Waals surface area contributed by atoms with Crippen molar-refractivity contribution in [1.82, 2.24) is 0 Å². The molecule has 39 heavy (non-hydrogen) atoms. The minimum Gasteiger partial charge on any atom is -0.334 e. The van der Waals surface area contributed by atoms with Crippen molar-refractivity contribution in [3.63, 3.8) is 0 Å². The van der Waals surface area contributed by atoms with Gasteiger partial charge in [0.15, 0.2) is 0 Å². The zero-order chi connectivity index (χ0) is 26.6. The van der Waals surface area contributed by atoms with E-state index in [2.05, 4.69) is 158 Å². The Morgan fingerprint density at radius 1 is 0.615 bits per heavy atom. The third kappa shape index (κ3) is 5.59. The molecule has 1 nitrogen and oxygen atoms in total. The summed E-state index contributed by atoms with van der Waals surface area (Å²) in [5.74, 6) is 0.370. The van der Waals surface area contributed by atoms with Crippen LogP contribution in [0, 0.1) is 12.8 Å². The van der Waals surface area contributed by atoms with Gasteiger partial charge in [0.1, 0.15) is 0 Å². The van der Waals surface area contributed by atoms with E-state index in [1.54, 1.807) is 0 Å². The zero-order valence-corrected chi connectivity index (χ0v) is 22.8. The van der Waals surface area contributed by atoms with Gasteiger partial charge in [-0.3, -0.25) is 0 Å². The number of rotatable bonds is 7. The second kappa shape index (κ2) is 11.2. The molecule has 0 amide bonds. The van der Waals surface area contributed by atoms with E-state index < -0.39 is 0 Å². The van der Waals surface area contributed by atoms with E-state index in [1.165, 1.54) is 50.0 Å². The van der Waals surface area contributed by atoms with Gasteiger partial charge in [0.2, 0.25) is 0 Å². The summed E-state index contributed by atoms with van der Waals surface area (Å²) in [4.78, 5) is 2.52. The Bertz CT molecular complexity index is 1630. The van der Waals surface area contributed by atoms with Gasteiger partial charge in [-0.1, -0.05) is 133 Å². The highest BCUT2D eigenvalue weighted by atomic mass is 15.2. The first-order chi connectivity index (χ1) is 19.1. The van der Waals surface area contributed by atoms with Gasteiger partial charge in [0, 0.05) is 11.4 Å². The number of allylic oxidation sites excluding steroid dienone is 2. The third-order valence-electron chi connectivity index (χ3n) is 7.89. The van der Waals surface area contributed by atoms with E-state index in [9.17, 15) is 0 Å². The van der Waals surface area contributed by atoms with Gasteiger partial charge < -0.3 is 4.90 Å². The van der Waals surface area contributed by atoms with Gasteiger partial charge in [0.25, 0.3) is 0 Å². The van der Waals surface area contributed by atoms with E-state index in [0.717, 1.165) is 12.8 Å². The van der Waals surface area contributed by atoms with Crippen LogP contribution in [0.4, 0.5) is 11.4 Å². The highest BCUT2D eigenvalue weighted by Gasteiger charge is 2.26. The number of anilines is 2. The zero-order valence-electron chi connectivity index (χ0n) is 22.8. The molecular formula is C38H35N. The van der Waals surface area contributed by atoms with Gasteiger partial charge in [-0.05, 0) is 77.4 Å². The summed E-state index contributed by atoms with van der Waals surface area (Å²) in [6, 6.07) is 44.3. The summed E-state index contributed by atoms with van der Waals surface area (Å²) >= 11 is 0. The van der Waals surface area contributed by atoms with Crippen molar-refractivity contribution >= 4 is 22.1 Å².